The fraction of sp³-hybridized carbons (Fsp3) is 0.850. The standard InChI is InChI=1S/C20H29NO4/c1-12-9-13-10-14(22)3-4-15(13)16-5-7-19(2)17(18(12)16)6-8-20(19,23)11-21(24)25/h10,12,15-18,23H,3-9,11H2,1-2H3/t12-,15+,16-,17+,18-,19+,20-/m1/s1. The maximum absolute atomic E-state index is 11.8. The third kappa shape index (κ3) is 2.42. The predicted molar refractivity (Wildman–Crippen MR) is 93.5 cm³/mol. The van der Waals surface area contributed by atoms with Gasteiger partial charge in [0, 0.05) is 16.8 Å². The first-order valence-electron chi connectivity index (χ1n) is 9.83. The summed E-state index contributed by atoms with van der Waals surface area (Å²) in [6, 6.07) is 0. The molecule has 4 aliphatic carbocycles. The Morgan fingerprint density at radius 3 is 2.80 bits per heavy atom. The highest BCUT2D eigenvalue weighted by molar-refractivity contribution is 5.91. The van der Waals surface area contributed by atoms with E-state index in [9.17, 15) is 20.0 Å². The number of nitro groups is 1. The third-order valence-corrected chi connectivity index (χ3v) is 8.35. The van der Waals surface area contributed by atoms with E-state index >= 15 is 0 Å². The van der Waals surface area contributed by atoms with Crippen LogP contribution in [0.15, 0.2) is 11.6 Å². The van der Waals surface area contributed by atoms with Crippen molar-refractivity contribution in [2.75, 3.05) is 6.54 Å². The maximum Gasteiger partial charge on any atom is 0.232 e. The first kappa shape index (κ1) is 17.2. The smallest absolute Gasteiger partial charge is 0.232 e. The monoisotopic (exact) mass is 347 g/mol. The number of allylic oxidation sites excluding steroid dienone is 1. The van der Waals surface area contributed by atoms with E-state index in [0.717, 1.165) is 32.1 Å². The lowest BCUT2D eigenvalue weighted by atomic mass is 9.48. The van der Waals surface area contributed by atoms with Gasteiger partial charge in [-0.15, -0.1) is 0 Å². The van der Waals surface area contributed by atoms with Gasteiger partial charge in [0.2, 0.25) is 6.54 Å². The van der Waals surface area contributed by atoms with E-state index in [1.165, 1.54) is 5.57 Å². The second-order valence-electron chi connectivity index (χ2n) is 9.38. The van der Waals surface area contributed by atoms with Gasteiger partial charge in [-0.25, -0.2) is 0 Å². The van der Waals surface area contributed by atoms with Gasteiger partial charge in [0.1, 0.15) is 5.60 Å². The van der Waals surface area contributed by atoms with E-state index in [-0.39, 0.29) is 22.7 Å². The number of carbonyl (C=O) groups excluding carboxylic acids is 1. The van der Waals surface area contributed by atoms with Crippen molar-refractivity contribution >= 4 is 5.78 Å². The van der Waals surface area contributed by atoms with Crippen LogP contribution in [0, 0.1) is 45.1 Å². The van der Waals surface area contributed by atoms with Gasteiger partial charge < -0.3 is 5.11 Å². The summed E-state index contributed by atoms with van der Waals surface area (Å²) in [6.07, 6.45) is 7.88. The van der Waals surface area contributed by atoms with Crippen molar-refractivity contribution in [3.63, 3.8) is 0 Å². The van der Waals surface area contributed by atoms with Crippen LogP contribution in [0.5, 0.6) is 0 Å². The molecule has 0 aromatic carbocycles. The van der Waals surface area contributed by atoms with Gasteiger partial charge in [-0.2, -0.15) is 0 Å². The summed E-state index contributed by atoms with van der Waals surface area (Å²) in [5.41, 5.74) is -0.154. The van der Waals surface area contributed by atoms with Crippen LogP contribution in [0.1, 0.15) is 58.8 Å². The Kier molecular flexibility index (Phi) is 3.87. The number of nitrogens with zero attached hydrogens (tertiary/aromatic N) is 1. The number of ketones is 1. The highest BCUT2D eigenvalue weighted by Crippen LogP contribution is 2.65. The van der Waals surface area contributed by atoms with E-state index in [1.54, 1.807) is 0 Å². The molecular weight excluding hydrogens is 318 g/mol. The van der Waals surface area contributed by atoms with E-state index in [1.807, 2.05) is 6.08 Å². The molecule has 5 heteroatoms. The van der Waals surface area contributed by atoms with E-state index in [2.05, 4.69) is 13.8 Å². The topological polar surface area (TPSA) is 80.4 Å². The molecule has 0 aromatic rings. The molecule has 0 saturated heterocycles. The first-order chi connectivity index (χ1) is 11.7. The molecule has 3 fully saturated rings. The summed E-state index contributed by atoms with van der Waals surface area (Å²) < 4.78 is 0. The fourth-order valence-corrected chi connectivity index (χ4v) is 7.17. The van der Waals surface area contributed by atoms with Gasteiger partial charge in [-0.1, -0.05) is 19.4 Å². The zero-order chi connectivity index (χ0) is 18.0. The highest BCUT2D eigenvalue weighted by atomic mass is 16.6. The van der Waals surface area contributed by atoms with Crippen molar-refractivity contribution in [1.82, 2.24) is 0 Å². The first-order valence-corrected chi connectivity index (χ1v) is 9.83. The average Bonchev–Trinajstić information content (AvgIpc) is 2.77. The molecule has 138 valence electrons. The second-order valence-corrected chi connectivity index (χ2v) is 9.38. The average molecular weight is 347 g/mol. The van der Waals surface area contributed by atoms with Crippen molar-refractivity contribution in [2.45, 2.75) is 64.4 Å². The van der Waals surface area contributed by atoms with Crippen molar-refractivity contribution in [3.05, 3.63) is 21.8 Å². The fourth-order valence-electron chi connectivity index (χ4n) is 7.17. The van der Waals surface area contributed by atoms with Crippen LogP contribution in [-0.4, -0.2) is 28.0 Å². The molecule has 0 unspecified atom stereocenters. The summed E-state index contributed by atoms with van der Waals surface area (Å²) >= 11 is 0. The van der Waals surface area contributed by atoms with Gasteiger partial charge in [-0.05, 0) is 74.2 Å². The Hall–Kier alpha value is -1.23. The van der Waals surface area contributed by atoms with E-state index in [0.29, 0.717) is 42.4 Å². The Morgan fingerprint density at radius 1 is 1.32 bits per heavy atom. The van der Waals surface area contributed by atoms with Gasteiger partial charge in [0.25, 0.3) is 0 Å². The summed E-state index contributed by atoms with van der Waals surface area (Å²) in [7, 11) is 0. The zero-order valence-corrected chi connectivity index (χ0v) is 15.2. The predicted octanol–water partition coefficient (Wildman–Crippen LogP) is 3.38. The van der Waals surface area contributed by atoms with Crippen molar-refractivity contribution < 1.29 is 14.8 Å². The Morgan fingerprint density at radius 2 is 2.08 bits per heavy atom. The number of aliphatic hydroxyl groups is 1. The number of hydrogen-bond acceptors (Lipinski definition) is 4. The molecule has 0 aromatic heterocycles. The molecule has 0 heterocycles. The summed E-state index contributed by atoms with van der Waals surface area (Å²) in [6.45, 7) is 4.06. The number of hydrogen-bond donors (Lipinski definition) is 1. The van der Waals surface area contributed by atoms with Crippen LogP contribution < -0.4 is 0 Å². The third-order valence-electron chi connectivity index (χ3n) is 8.35. The van der Waals surface area contributed by atoms with E-state index in [4.69, 9.17) is 0 Å². The van der Waals surface area contributed by atoms with Gasteiger partial charge in [0.05, 0.1) is 0 Å². The van der Waals surface area contributed by atoms with Crippen LogP contribution in [0.25, 0.3) is 0 Å². The summed E-state index contributed by atoms with van der Waals surface area (Å²) in [5, 5.41) is 22.3. The Balaban J connectivity index is 1.66. The largest absolute Gasteiger partial charge is 0.382 e. The molecule has 0 amide bonds. The van der Waals surface area contributed by atoms with Crippen LogP contribution >= 0.6 is 0 Å². The summed E-state index contributed by atoms with van der Waals surface area (Å²) in [5.74, 6) is 2.76. The number of carbonyl (C=O) groups is 1. The lowest BCUT2D eigenvalue weighted by Crippen LogP contribution is -2.56. The van der Waals surface area contributed by atoms with Crippen molar-refractivity contribution in [2.24, 2.45) is 35.0 Å². The summed E-state index contributed by atoms with van der Waals surface area (Å²) in [4.78, 5) is 22.6. The zero-order valence-electron chi connectivity index (χ0n) is 15.2. The van der Waals surface area contributed by atoms with Crippen molar-refractivity contribution in [3.8, 4) is 0 Å². The Labute approximate surface area is 149 Å². The van der Waals surface area contributed by atoms with Gasteiger partial charge in [-0.3, -0.25) is 14.9 Å². The molecule has 1 N–H and O–H groups in total. The SMILES string of the molecule is C[C@@H]1CC2=CC(=O)CC[C@@H]2[C@H]2CC[C@@]3(C)[C@@H](CC[C@@]3(O)C[N+](=O)[O-])[C@@H]21. The number of rotatable bonds is 2. The molecule has 7 atom stereocenters. The molecule has 3 saturated carbocycles. The molecule has 4 rings (SSSR count). The normalized spacial score (nSPS) is 49.0. The minimum Gasteiger partial charge on any atom is -0.382 e. The van der Waals surface area contributed by atoms with Crippen LogP contribution in [0.2, 0.25) is 0 Å². The lowest BCUT2D eigenvalue weighted by Gasteiger charge is -2.57. The molecule has 0 radical (unpaired) electrons. The molecule has 0 aliphatic heterocycles. The molecule has 25 heavy (non-hydrogen) atoms. The second kappa shape index (κ2) is 5.63. The molecule has 0 bridgehead atoms. The van der Waals surface area contributed by atoms with Crippen LogP contribution in [0.4, 0.5) is 0 Å². The molecule has 5 nitrogen and oxygen atoms in total. The van der Waals surface area contributed by atoms with Gasteiger partial charge in [0.15, 0.2) is 5.78 Å². The highest BCUT2D eigenvalue weighted by Gasteiger charge is 2.65. The molecule has 4 aliphatic rings. The Bertz CT molecular complexity index is 644. The quantitative estimate of drug-likeness (QED) is 0.613. The number of fused-ring (bicyclic) bond motifs is 5. The maximum atomic E-state index is 11.8. The lowest BCUT2D eigenvalue weighted by molar-refractivity contribution is -0.506. The van der Waals surface area contributed by atoms with Crippen LogP contribution in [0.3, 0.4) is 0 Å². The molecule has 0 spiro atoms. The van der Waals surface area contributed by atoms with Crippen LogP contribution in [-0.2, 0) is 4.79 Å². The minimum absolute atomic E-state index is 0.277. The van der Waals surface area contributed by atoms with E-state index < -0.39 is 5.60 Å². The molecular formula is C20H29NO4. The van der Waals surface area contributed by atoms with Gasteiger partial charge >= 0.3 is 0 Å². The van der Waals surface area contributed by atoms with Crippen molar-refractivity contribution in [1.29, 1.82) is 0 Å². The minimum atomic E-state index is -1.16.